The number of phenolic OH excluding ortho intramolecular Hbond substituents is 2. The molecule has 0 bridgehead atoms. The second-order valence-corrected chi connectivity index (χ2v) is 5.36. The number of aromatic hydroxyl groups is 2. The van der Waals surface area contributed by atoms with E-state index in [2.05, 4.69) is 15.8 Å². The van der Waals surface area contributed by atoms with Crippen molar-refractivity contribution in [2.75, 3.05) is 6.54 Å². The molecule has 22 heavy (non-hydrogen) atoms. The van der Waals surface area contributed by atoms with Gasteiger partial charge in [0.2, 0.25) is 5.91 Å². The summed E-state index contributed by atoms with van der Waals surface area (Å²) in [4.78, 5) is 23.4. The molecule has 4 N–H and O–H groups in total. The van der Waals surface area contributed by atoms with Crippen LogP contribution in [0.4, 0.5) is 0 Å². The van der Waals surface area contributed by atoms with E-state index in [0.29, 0.717) is 18.2 Å². The molecular weight excluding hydrogens is 286 g/mol. The van der Waals surface area contributed by atoms with Crippen LogP contribution in [-0.4, -0.2) is 34.3 Å². The van der Waals surface area contributed by atoms with Crippen molar-refractivity contribution >= 4 is 17.5 Å². The molecule has 120 valence electrons. The molecule has 0 saturated heterocycles. The Hall–Kier alpha value is -2.57. The summed E-state index contributed by atoms with van der Waals surface area (Å²) >= 11 is 0. The van der Waals surface area contributed by atoms with Gasteiger partial charge in [-0.15, -0.1) is 0 Å². The zero-order chi connectivity index (χ0) is 16.7. The van der Waals surface area contributed by atoms with Crippen molar-refractivity contribution in [3.8, 4) is 11.5 Å². The number of phenols is 2. The van der Waals surface area contributed by atoms with E-state index in [1.165, 1.54) is 12.1 Å². The van der Waals surface area contributed by atoms with E-state index in [-0.39, 0.29) is 29.4 Å². The second kappa shape index (κ2) is 8.02. The molecule has 0 aromatic heterocycles. The first kappa shape index (κ1) is 17.5. The van der Waals surface area contributed by atoms with Gasteiger partial charge in [0.1, 0.15) is 11.5 Å². The first-order chi connectivity index (χ1) is 10.3. The fourth-order valence-corrected chi connectivity index (χ4v) is 1.57. The third-order valence-electron chi connectivity index (χ3n) is 2.70. The third-order valence-corrected chi connectivity index (χ3v) is 2.70. The molecule has 0 fully saturated rings. The van der Waals surface area contributed by atoms with Crippen LogP contribution in [0.1, 0.15) is 37.6 Å². The zero-order valence-corrected chi connectivity index (χ0v) is 12.9. The van der Waals surface area contributed by atoms with Crippen molar-refractivity contribution < 1.29 is 19.8 Å². The molecule has 0 aliphatic carbocycles. The highest BCUT2D eigenvalue weighted by Crippen LogP contribution is 2.22. The fourth-order valence-electron chi connectivity index (χ4n) is 1.57. The first-order valence-electron chi connectivity index (χ1n) is 6.91. The van der Waals surface area contributed by atoms with Gasteiger partial charge >= 0.3 is 0 Å². The monoisotopic (exact) mass is 307 g/mol. The van der Waals surface area contributed by atoms with Gasteiger partial charge in [0, 0.05) is 18.3 Å². The molecule has 1 aromatic carbocycles. The standard InChI is InChI=1S/C15H21N3O4/c1-9(2)8-16-14(21)6-10(3)17-18-15(22)12-5-4-11(19)7-13(12)20/h4-5,7,9,19-20H,6,8H2,1-3H3,(H,16,21)(H,18,22). The van der Waals surface area contributed by atoms with Gasteiger partial charge in [-0.1, -0.05) is 13.8 Å². The molecule has 1 rings (SSSR count). The molecule has 0 unspecified atom stereocenters. The van der Waals surface area contributed by atoms with Gasteiger partial charge in [0.25, 0.3) is 5.91 Å². The number of hydrogen-bond acceptors (Lipinski definition) is 5. The summed E-state index contributed by atoms with van der Waals surface area (Å²) in [5, 5.41) is 25.3. The molecule has 7 nitrogen and oxygen atoms in total. The summed E-state index contributed by atoms with van der Waals surface area (Å²) in [5.74, 6) is -0.926. The lowest BCUT2D eigenvalue weighted by Crippen LogP contribution is -2.29. The van der Waals surface area contributed by atoms with Crippen LogP contribution in [0.3, 0.4) is 0 Å². The van der Waals surface area contributed by atoms with Gasteiger partial charge in [-0.25, -0.2) is 5.43 Å². The number of nitrogens with one attached hydrogen (secondary N) is 2. The van der Waals surface area contributed by atoms with E-state index >= 15 is 0 Å². The fraction of sp³-hybridized carbons (Fsp3) is 0.400. The highest BCUT2D eigenvalue weighted by atomic mass is 16.3. The summed E-state index contributed by atoms with van der Waals surface area (Å²) in [6.07, 6.45) is 0.0779. The molecular formula is C15H21N3O4. The number of hydrogen-bond donors (Lipinski definition) is 4. The van der Waals surface area contributed by atoms with Crippen LogP contribution in [0.15, 0.2) is 23.3 Å². The van der Waals surface area contributed by atoms with Crippen LogP contribution in [0, 0.1) is 5.92 Å². The lowest BCUT2D eigenvalue weighted by molar-refractivity contribution is -0.120. The summed E-state index contributed by atoms with van der Waals surface area (Å²) in [5.41, 5.74) is 2.68. The number of carbonyl (C=O) groups excluding carboxylic acids is 2. The van der Waals surface area contributed by atoms with Gasteiger partial charge < -0.3 is 15.5 Å². The predicted octanol–water partition coefficient (Wildman–Crippen LogP) is 1.37. The summed E-state index contributed by atoms with van der Waals surface area (Å²) in [6.45, 7) is 6.18. The van der Waals surface area contributed by atoms with Crippen LogP contribution in [0.5, 0.6) is 11.5 Å². The highest BCUT2D eigenvalue weighted by molar-refractivity contribution is 6.01. The lowest BCUT2D eigenvalue weighted by Gasteiger charge is -2.07. The lowest BCUT2D eigenvalue weighted by atomic mass is 10.2. The molecule has 0 aliphatic rings. The summed E-state index contributed by atoms with van der Waals surface area (Å²) < 4.78 is 0. The Morgan fingerprint density at radius 2 is 1.95 bits per heavy atom. The number of benzene rings is 1. The topological polar surface area (TPSA) is 111 Å². The maximum absolute atomic E-state index is 11.8. The number of nitrogens with zero attached hydrogens (tertiary/aromatic N) is 1. The van der Waals surface area contributed by atoms with Crippen molar-refractivity contribution in [1.29, 1.82) is 0 Å². The Labute approximate surface area is 129 Å². The van der Waals surface area contributed by atoms with Crippen LogP contribution in [-0.2, 0) is 4.79 Å². The van der Waals surface area contributed by atoms with E-state index in [1.54, 1.807) is 6.92 Å². The number of rotatable bonds is 6. The molecule has 0 saturated carbocycles. The quantitative estimate of drug-likeness (QED) is 0.470. The van der Waals surface area contributed by atoms with E-state index < -0.39 is 5.91 Å². The van der Waals surface area contributed by atoms with E-state index in [1.807, 2.05) is 13.8 Å². The summed E-state index contributed by atoms with van der Waals surface area (Å²) in [6, 6.07) is 3.62. The van der Waals surface area contributed by atoms with Crippen LogP contribution in [0.2, 0.25) is 0 Å². The Morgan fingerprint density at radius 1 is 1.27 bits per heavy atom. The van der Waals surface area contributed by atoms with Crippen molar-refractivity contribution in [3.05, 3.63) is 23.8 Å². The molecule has 0 spiro atoms. The molecule has 2 amide bonds. The maximum Gasteiger partial charge on any atom is 0.275 e. The Balaban J connectivity index is 2.55. The SMILES string of the molecule is CC(CC(=O)NCC(C)C)=NNC(=O)c1ccc(O)cc1O. The van der Waals surface area contributed by atoms with Gasteiger partial charge in [0.15, 0.2) is 0 Å². The van der Waals surface area contributed by atoms with Crippen LogP contribution >= 0.6 is 0 Å². The first-order valence-corrected chi connectivity index (χ1v) is 6.91. The predicted molar refractivity (Wildman–Crippen MR) is 82.8 cm³/mol. The van der Waals surface area contributed by atoms with Gasteiger partial charge in [-0.3, -0.25) is 9.59 Å². The molecule has 1 aromatic rings. The average Bonchev–Trinajstić information content (AvgIpc) is 2.42. The van der Waals surface area contributed by atoms with E-state index in [0.717, 1.165) is 6.07 Å². The van der Waals surface area contributed by atoms with Gasteiger partial charge in [0.05, 0.1) is 12.0 Å². The Bertz CT molecular complexity index is 582. The normalized spacial score (nSPS) is 11.4. The smallest absolute Gasteiger partial charge is 0.275 e. The average molecular weight is 307 g/mol. The molecule has 0 aliphatic heterocycles. The van der Waals surface area contributed by atoms with Gasteiger partial charge in [-0.2, -0.15) is 5.10 Å². The van der Waals surface area contributed by atoms with E-state index in [4.69, 9.17) is 5.11 Å². The van der Waals surface area contributed by atoms with Crippen molar-refractivity contribution in [2.45, 2.75) is 27.2 Å². The minimum atomic E-state index is -0.626. The largest absolute Gasteiger partial charge is 0.508 e. The minimum Gasteiger partial charge on any atom is -0.508 e. The number of carbonyl (C=O) groups is 2. The highest BCUT2D eigenvalue weighted by Gasteiger charge is 2.11. The Morgan fingerprint density at radius 3 is 2.55 bits per heavy atom. The van der Waals surface area contributed by atoms with E-state index in [9.17, 15) is 14.7 Å². The number of hydrazone groups is 1. The Kier molecular flexibility index (Phi) is 6.37. The molecule has 0 radical (unpaired) electrons. The van der Waals surface area contributed by atoms with Crippen molar-refractivity contribution in [1.82, 2.24) is 10.7 Å². The second-order valence-electron chi connectivity index (χ2n) is 5.36. The van der Waals surface area contributed by atoms with Crippen molar-refractivity contribution in [3.63, 3.8) is 0 Å². The molecule has 0 heterocycles. The third kappa shape index (κ3) is 5.82. The van der Waals surface area contributed by atoms with Crippen molar-refractivity contribution in [2.24, 2.45) is 11.0 Å². The number of amides is 2. The summed E-state index contributed by atoms with van der Waals surface area (Å²) in [7, 11) is 0. The van der Waals surface area contributed by atoms with Crippen LogP contribution < -0.4 is 10.7 Å². The minimum absolute atomic E-state index is 0.0152. The van der Waals surface area contributed by atoms with Gasteiger partial charge in [-0.05, 0) is 25.0 Å². The van der Waals surface area contributed by atoms with Crippen LogP contribution in [0.25, 0.3) is 0 Å². The maximum atomic E-state index is 11.8. The molecule has 0 atom stereocenters. The molecule has 7 heteroatoms. The zero-order valence-electron chi connectivity index (χ0n) is 12.9.